The Morgan fingerprint density at radius 1 is 0.886 bits per heavy atom. The molecule has 2 aliphatic rings. The Balaban J connectivity index is 1.32. The van der Waals surface area contributed by atoms with E-state index in [1.807, 2.05) is 49.9 Å². The summed E-state index contributed by atoms with van der Waals surface area (Å²) in [6.07, 6.45) is 0.890. The highest BCUT2D eigenvalue weighted by atomic mass is 16.6. The van der Waals surface area contributed by atoms with Crippen molar-refractivity contribution in [2.24, 2.45) is 0 Å². The smallest absolute Gasteiger partial charge is 0.338 e. The fourth-order valence-electron chi connectivity index (χ4n) is 4.37. The lowest BCUT2D eigenvalue weighted by atomic mass is 9.90. The van der Waals surface area contributed by atoms with Gasteiger partial charge in [0.2, 0.25) is 11.8 Å². The molecule has 8 nitrogen and oxygen atoms in total. The average Bonchev–Trinajstić information content (AvgIpc) is 2.83. The number of amides is 3. The lowest BCUT2D eigenvalue weighted by molar-refractivity contribution is -0.134. The highest BCUT2D eigenvalue weighted by molar-refractivity contribution is 6.01. The van der Waals surface area contributed by atoms with E-state index in [2.05, 4.69) is 10.2 Å². The molecule has 1 atom stereocenters. The number of piperazine rings is 1. The molecule has 2 aromatic carbocycles. The van der Waals surface area contributed by atoms with Gasteiger partial charge >= 0.3 is 5.97 Å². The van der Waals surface area contributed by atoms with Gasteiger partial charge in [-0.05, 0) is 69.2 Å². The van der Waals surface area contributed by atoms with Gasteiger partial charge in [-0.3, -0.25) is 19.7 Å². The van der Waals surface area contributed by atoms with Crippen LogP contribution in [-0.4, -0.2) is 60.4 Å². The van der Waals surface area contributed by atoms with Gasteiger partial charge in [0.1, 0.15) is 5.60 Å². The first-order chi connectivity index (χ1) is 16.6. The highest BCUT2D eigenvalue weighted by Gasteiger charge is 2.28. The predicted octanol–water partition coefficient (Wildman–Crippen LogP) is 3.12. The van der Waals surface area contributed by atoms with E-state index in [1.165, 1.54) is 0 Å². The maximum atomic E-state index is 13.0. The summed E-state index contributed by atoms with van der Waals surface area (Å²) in [6.45, 7) is 8.00. The topological polar surface area (TPSA) is 96.0 Å². The van der Waals surface area contributed by atoms with Crippen molar-refractivity contribution < 1.29 is 23.9 Å². The number of hydrogen-bond donors (Lipinski definition) is 1. The second-order valence-corrected chi connectivity index (χ2v) is 9.95. The average molecular weight is 478 g/mol. The lowest BCUT2D eigenvalue weighted by Crippen LogP contribution is -2.48. The zero-order chi connectivity index (χ0) is 25.2. The molecule has 0 bridgehead atoms. The first-order valence-corrected chi connectivity index (χ1v) is 11.9. The van der Waals surface area contributed by atoms with Crippen molar-refractivity contribution in [1.29, 1.82) is 0 Å². The number of esters is 1. The number of benzene rings is 2. The van der Waals surface area contributed by atoms with Crippen LogP contribution in [0.2, 0.25) is 0 Å². The van der Waals surface area contributed by atoms with Gasteiger partial charge < -0.3 is 14.5 Å². The Morgan fingerprint density at radius 2 is 1.49 bits per heavy atom. The van der Waals surface area contributed by atoms with Crippen LogP contribution in [0.15, 0.2) is 48.5 Å². The van der Waals surface area contributed by atoms with E-state index in [-0.39, 0.29) is 23.6 Å². The number of rotatable bonds is 4. The van der Waals surface area contributed by atoms with Crippen LogP contribution < -0.4 is 10.2 Å². The van der Waals surface area contributed by atoms with Crippen LogP contribution in [0.3, 0.4) is 0 Å². The first kappa shape index (κ1) is 24.4. The maximum Gasteiger partial charge on any atom is 0.338 e. The van der Waals surface area contributed by atoms with E-state index in [0.717, 1.165) is 11.3 Å². The summed E-state index contributed by atoms with van der Waals surface area (Å²) in [5, 5.41) is 2.40. The molecule has 8 heteroatoms. The van der Waals surface area contributed by atoms with Gasteiger partial charge in [-0.15, -0.1) is 0 Å². The number of hydrogen-bond acceptors (Lipinski definition) is 6. The molecule has 4 rings (SSSR count). The van der Waals surface area contributed by atoms with Crippen LogP contribution >= 0.6 is 0 Å². The Kier molecular flexibility index (Phi) is 6.91. The minimum absolute atomic E-state index is 0.0615. The number of nitrogens with one attached hydrogen (secondary N) is 1. The molecular formula is C27H31N3O5. The third kappa shape index (κ3) is 5.88. The molecule has 0 radical (unpaired) electrons. The summed E-state index contributed by atoms with van der Waals surface area (Å²) in [5.74, 6) is -1.21. The van der Waals surface area contributed by atoms with Gasteiger partial charge in [-0.2, -0.15) is 0 Å². The van der Waals surface area contributed by atoms with Crippen LogP contribution in [0.5, 0.6) is 0 Å². The van der Waals surface area contributed by atoms with Crippen molar-refractivity contribution in [1.82, 2.24) is 10.2 Å². The number of carbonyl (C=O) groups excluding carboxylic acids is 4. The van der Waals surface area contributed by atoms with Crippen LogP contribution in [0.1, 0.15) is 65.8 Å². The number of carbonyl (C=O) groups is 4. The minimum Gasteiger partial charge on any atom is -0.456 e. The summed E-state index contributed by atoms with van der Waals surface area (Å²) < 4.78 is 5.37. The fourth-order valence-corrected chi connectivity index (χ4v) is 4.37. The number of ether oxygens (including phenoxy) is 1. The summed E-state index contributed by atoms with van der Waals surface area (Å²) in [5.41, 5.74) is 2.33. The van der Waals surface area contributed by atoms with Crippen molar-refractivity contribution in [2.45, 2.75) is 45.1 Å². The van der Waals surface area contributed by atoms with Crippen LogP contribution in [0, 0.1) is 0 Å². The maximum absolute atomic E-state index is 13.0. The number of piperidine rings is 1. The van der Waals surface area contributed by atoms with Crippen LogP contribution in [-0.2, 0) is 14.3 Å². The van der Waals surface area contributed by atoms with Crippen molar-refractivity contribution in [3.05, 3.63) is 65.2 Å². The minimum atomic E-state index is -0.573. The monoisotopic (exact) mass is 477 g/mol. The molecule has 184 valence electrons. The molecule has 2 heterocycles. The van der Waals surface area contributed by atoms with E-state index >= 15 is 0 Å². The highest BCUT2D eigenvalue weighted by Crippen LogP contribution is 2.27. The molecule has 2 aliphatic heterocycles. The van der Waals surface area contributed by atoms with Crippen molar-refractivity contribution in [2.75, 3.05) is 31.1 Å². The number of anilines is 1. The van der Waals surface area contributed by atoms with Gasteiger partial charge in [-0.25, -0.2) is 4.79 Å². The van der Waals surface area contributed by atoms with Gasteiger partial charge in [-0.1, -0.05) is 12.1 Å². The van der Waals surface area contributed by atoms with Gasteiger partial charge in [0.25, 0.3) is 5.91 Å². The van der Waals surface area contributed by atoms with E-state index in [0.29, 0.717) is 50.1 Å². The van der Waals surface area contributed by atoms with Crippen molar-refractivity contribution >= 4 is 29.4 Å². The SMILES string of the molecule is CC(C)(C)OC(=O)c1ccc(C(=O)N2CCN(c3ccc(C4CCC(=O)NC4=O)cc3)CC2)cc1. The molecular weight excluding hydrogens is 446 g/mol. The molecule has 2 fully saturated rings. The molecule has 3 amide bonds. The fraction of sp³-hybridized carbons (Fsp3) is 0.407. The normalized spacial score (nSPS) is 18.8. The second kappa shape index (κ2) is 9.90. The molecule has 2 aromatic rings. The third-order valence-corrected chi connectivity index (χ3v) is 6.23. The van der Waals surface area contributed by atoms with Crippen LogP contribution in [0.25, 0.3) is 0 Å². The molecule has 1 unspecified atom stereocenters. The Morgan fingerprint density at radius 3 is 2.06 bits per heavy atom. The second-order valence-electron chi connectivity index (χ2n) is 9.95. The van der Waals surface area contributed by atoms with Crippen molar-refractivity contribution in [3.8, 4) is 0 Å². The molecule has 0 aromatic heterocycles. The summed E-state index contributed by atoms with van der Waals surface area (Å²) >= 11 is 0. The van der Waals surface area contributed by atoms with E-state index in [1.54, 1.807) is 24.3 Å². The molecule has 1 N–H and O–H groups in total. The summed E-state index contributed by atoms with van der Waals surface area (Å²) in [4.78, 5) is 52.7. The number of imide groups is 1. The Labute approximate surface area is 205 Å². The van der Waals surface area contributed by atoms with Crippen molar-refractivity contribution in [3.63, 3.8) is 0 Å². The van der Waals surface area contributed by atoms with Gasteiger partial charge in [0.05, 0.1) is 11.5 Å². The van der Waals surface area contributed by atoms with E-state index < -0.39 is 11.6 Å². The van der Waals surface area contributed by atoms with Crippen LogP contribution in [0.4, 0.5) is 5.69 Å². The first-order valence-electron chi connectivity index (χ1n) is 11.9. The summed E-state index contributed by atoms with van der Waals surface area (Å²) in [7, 11) is 0. The zero-order valence-corrected chi connectivity index (χ0v) is 20.4. The third-order valence-electron chi connectivity index (χ3n) is 6.23. The summed E-state index contributed by atoms with van der Waals surface area (Å²) in [6, 6.07) is 14.5. The molecule has 2 saturated heterocycles. The molecule has 0 spiro atoms. The standard InChI is InChI=1S/C27H31N3O5/c1-27(2,3)35-26(34)20-6-4-19(5-7-20)25(33)30-16-14-29(15-17-30)21-10-8-18(9-11-21)22-12-13-23(31)28-24(22)32/h4-11,22H,12-17H2,1-3H3,(H,28,31,32). The number of nitrogens with zero attached hydrogens (tertiary/aromatic N) is 2. The Bertz CT molecular complexity index is 1110. The molecule has 0 aliphatic carbocycles. The molecule has 0 saturated carbocycles. The van der Waals surface area contributed by atoms with Gasteiger partial charge in [0, 0.05) is 43.9 Å². The predicted molar refractivity (Wildman–Crippen MR) is 131 cm³/mol. The molecule has 35 heavy (non-hydrogen) atoms. The van der Waals surface area contributed by atoms with Gasteiger partial charge in [0.15, 0.2) is 0 Å². The lowest BCUT2D eigenvalue weighted by Gasteiger charge is -2.36. The zero-order valence-electron chi connectivity index (χ0n) is 20.4. The van der Waals surface area contributed by atoms with E-state index in [9.17, 15) is 19.2 Å². The largest absolute Gasteiger partial charge is 0.456 e. The Hall–Kier alpha value is -3.68. The quantitative estimate of drug-likeness (QED) is 0.537. The van der Waals surface area contributed by atoms with E-state index in [4.69, 9.17) is 4.74 Å².